The van der Waals surface area contributed by atoms with Gasteiger partial charge in [-0.05, 0) is 219 Å². The number of aryl methyl sites for hydroxylation is 2. The van der Waals surface area contributed by atoms with Gasteiger partial charge in [0, 0.05) is 56.8 Å². The molecule has 5 rings (SSSR count). The molecule has 1 aliphatic heterocycles. The number of rotatable bonds is 21. The van der Waals surface area contributed by atoms with Crippen LogP contribution in [0.15, 0.2) is 77.7 Å². The summed E-state index contributed by atoms with van der Waals surface area (Å²) in [4.78, 5) is 5.97. The standard InChI is InChI=1S/C12H12N2O.C12H15NO.C12H18O3S.C11H12ClNO.C10H21NO2.C5H12O.C4H10O.O2S/c1-9(2)15-8-11-4-10(7-13)5-12(6-11)14-3;1-9(2)14-8-12-5-10(3)4-11(6-12)7-13;1-9(2)15-8-11-5-10(3)6-12(7-11)16(4,13)14;1-8(2)14-7-10-3-9(6-13)4-11(12)5-10;1-9(2)13-7-3-5-11-6-4-10(12)8-11;1-4-6-5(2)3;1-4(2)5-3;1-3-2/h4-6,9H,8H2,1-2H3;4-6,9H,8H2,1-3H3;5-7,9H,8H2,1-4H3;3-5,8H,7H2,1-2H3;9-10,12H,3-8H2,1-2H3;5H,4H2,1-3H3;4H,1-3H3;/t;;;;10-;;;/m....1.../s1. The Balaban J connectivity index is -0.000000949. The Labute approximate surface area is 526 Å². The summed E-state index contributed by atoms with van der Waals surface area (Å²) < 4.78 is 76.4. The Morgan fingerprint density at radius 1 is 0.616 bits per heavy atom. The van der Waals surface area contributed by atoms with Gasteiger partial charge in [-0.1, -0.05) is 29.8 Å². The number of likely N-dealkylation sites (tertiary alicyclic amines) is 1. The molecule has 480 valence electrons. The second-order valence-corrected chi connectivity index (χ2v) is 24.2. The number of β-amino-alcohol motifs (C(OH)–C–C–N with tert-alkyl or cyclic N) is 1. The zero-order valence-electron chi connectivity index (χ0n) is 54.7. The topological polar surface area (TPSA) is 232 Å². The lowest BCUT2D eigenvalue weighted by molar-refractivity contribution is 0.0654. The van der Waals surface area contributed by atoms with Gasteiger partial charge in [0.15, 0.2) is 15.5 Å². The number of nitrogens with zero attached hydrogens (tertiary/aromatic N) is 5. The minimum absolute atomic E-state index is 0.0917. The second-order valence-electron chi connectivity index (χ2n) is 21.6. The van der Waals surface area contributed by atoms with Crippen molar-refractivity contribution in [2.24, 2.45) is 0 Å². The van der Waals surface area contributed by atoms with Crippen molar-refractivity contribution in [2.75, 3.05) is 46.2 Å². The molecule has 1 heterocycles. The first kappa shape index (κ1) is 84.7. The number of ether oxygens (including phenoxy) is 7. The van der Waals surface area contributed by atoms with E-state index in [9.17, 15) is 13.5 Å². The number of benzene rings is 4. The molecule has 20 heteroatoms. The monoisotopic (exact) mass is 1250 g/mol. The van der Waals surface area contributed by atoms with E-state index in [-0.39, 0.29) is 30.5 Å². The molecule has 0 amide bonds. The van der Waals surface area contributed by atoms with Crippen molar-refractivity contribution in [3.05, 3.63) is 139 Å². The molecule has 86 heavy (non-hydrogen) atoms. The highest BCUT2D eigenvalue weighted by atomic mass is 35.5. The zero-order chi connectivity index (χ0) is 66.4. The van der Waals surface area contributed by atoms with Crippen molar-refractivity contribution in [1.29, 1.82) is 15.8 Å². The molecule has 0 bridgehead atoms. The molecule has 1 atom stereocenters. The van der Waals surface area contributed by atoms with E-state index < -0.39 is 21.4 Å². The highest BCUT2D eigenvalue weighted by Gasteiger charge is 2.19. The van der Waals surface area contributed by atoms with Gasteiger partial charge in [0.1, 0.15) is 0 Å². The largest absolute Gasteiger partial charge is 0.392 e. The number of aliphatic hydroxyl groups is 1. The van der Waals surface area contributed by atoms with E-state index in [2.05, 4.69) is 35.7 Å². The summed E-state index contributed by atoms with van der Waals surface area (Å²) in [6.45, 7) is 47.3. The summed E-state index contributed by atoms with van der Waals surface area (Å²) in [5.41, 5.74) is 8.06. The van der Waals surface area contributed by atoms with Crippen molar-refractivity contribution in [1.82, 2.24) is 4.90 Å². The van der Waals surface area contributed by atoms with Gasteiger partial charge in [0.2, 0.25) is 0 Å². The normalized spacial score (nSPS) is 12.3. The Bertz CT molecular complexity index is 2690. The molecular formula is C66H100ClN5O12S2. The third-order valence-electron chi connectivity index (χ3n) is 10.7. The third-order valence-corrected chi connectivity index (χ3v) is 12.1. The number of halogens is 1. The van der Waals surface area contributed by atoms with Gasteiger partial charge in [-0.3, -0.25) is 0 Å². The smallest absolute Gasteiger partial charge is 0.335 e. The van der Waals surface area contributed by atoms with Crippen LogP contribution in [0.5, 0.6) is 0 Å². The molecule has 4 aromatic rings. The minimum Gasteiger partial charge on any atom is -0.392 e. The highest BCUT2D eigenvalue weighted by molar-refractivity contribution is 7.90. The number of sulfone groups is 1. The van der Waals surface area contributed by atoms with Gasteiger partial charge in [-0.25, -0.2) is 13.3 Å². The second kappa shape index (κ2) is 50.5. The molecule has 0 radical (unpaired) electrons. The maximum Gasteiger partial charge on any atom is 0.335 e. The SMILES string of the molecule is CC(C)OCCCN1CC[C@@H](O)C1.CC(C)OCc1cc(Cl)cc(C#N)c1.CCOC(C)C.COC(C)C.Cc1cc(C#N)cc(COC(C)C)c1.Cc1cc(COC(C)C)cc(S(C)(=O)=O)c1.O=S=O.[C-]#[N+]c1cc(C#N)cc(COC(C)C)c1. The molecule has 1 aliphatic rings. The van der Waals surface area contributed by atoms with E-state index in [1.54, 1.807) is 49.6 Å². The molecule has 4 aromatic carbocycles. The van der Waals surface area contributed by atoms with E-state index >= 15 is 0 Å². The van der Waals surface area contributed by atoms with E-state index in [0.717, 1.165) is 79.1 Å². The molecular weight excluding hydrogens is 1150 g/mol. The van der Waals surface area contributed by atoms with Crippen LogP contribution in [-0.2, 0) is 81.0 Å². The molecule has 1 saturated heterocycles. The van der Waals surface area contributed by atoms with Crippen molar-refractivity contribution in [2.45, 2.75) is 211 Å². The van der Waals surface area contributed by atoms with Gasteiger partial charge in [0.05, 0.1) is 116 Å². The molecule has 1 fully saturated rings. The summed E-state index contributed by atoms with van der Waals surface area (Å²) in [6.07, 6.45) is 4.94. The van der Waals surface area contributed by atoms with Crippen LogP contribution in [-0.4, -0.2) is 122 Å². The summed E-state index contributed by atoms with van der Waals surface area (Å²) in [7, 11) is -1.44. The number of hydrogen-bond acceptors (Lipinski definition) is 16. The number of aliphatic hydroxyl groups excluding tert-OH is 1. The van der Waals surface area contributed by atoms with Crippen LogP contribution in [0.2, 0.25) is 5.02 Å². The van der Waals surface area contributed by atoms with E-state index in [4.69, 9.17) is 75.5 Å². The fourth-order valence-electron chi connectivity index (χ4n) is 6.82. The van der Waals surface area contributed by atoms with E-state index in [0.29, 0.717) is 77.0 Å². The van der Waals surface area contributed by atoms with Crippen LogP contribution < -0.4 is 0 Å². The third kappa shape index (κ3) is 49.6. The van der Waals surface area contributed by atoms with Gasteiger partial charge in [-0.2, -0.15) is 24.2 Å². The molecule has 0 saturated carbocycles. The van der Waals surface area contributed by atoms with Crippen molar-refractivity contribution in [3.8, 4) is 18.2 Å². The lowest BCUT2D eigenvalue weighted by Crippen LogP contribution is -2.24. The molecule has 0 aromatic heterocycles. The van der Waals surface area contributed by atoms with E-state index in [1.807, 2.05) is 140 Å². The molecule has 0 aliphatic carbocycles. The van der Waals surface area contributed by atoms with Crippen LogP contribution >= 0.6 is 11.6 Å². The fourth-order valence-corrected chi connectivity index (χ4v) is 7.85. The lowest BCUT2D eigenvalue weighted by atomic mass is 10.1. The summed E-state index contributed by atoms with van der Waals surface area (Å²) in [5, 5.41) is 36.1. The molecule has 17 nitrogen and oxygen atoms in total. The summed E-state index contributed by atoms with van der Waals surface area (Å²) in [5.74, 6) is 0. The van der Waals surface area contributed by atoms with Gasteiger partial charge < -0.3 is 43.2 Å². The maximum atomic E-state index is 11.4. The Kier molecular flexibility index (Phi) is 49.8. The van der Waals surface area contributed by atoms with Gasteiger partial charge >= 0.3 is 11.6 Å². The first-order chi connectivity index (χ1) is 40.3. The lowest BCUT2D eigenvalue weighted by Gasteiger charge is -2.15. The van der Waals surface area contributed by atoms with Crippen molar-refractivity contribution < 1.29 is 55.1 Å². The number of hydrogen-bond donors (Lipinski definition) is 1. The highest BCUT2D eigenvalue weighted by Crippen LogP contribution is 2.20. The molecule has 1 N–H and O–H groups in total. The average Bonchev–Trinajstić information content (AvgIpc) is 4.05. The van der Waals surface area contributed by atoms with Crippen molar-refractivity contribution in [3.63, 3.8) is 0 Å². The number of nitriles is 3. The van der Waals surface area contributed by atoms with Crippen LogP contribution in [0.25, 0.3) is 4.85 Å². The average molecular weight is 1260 g/mol. The predicted molar refractivity (Wildman–Crippen MR) is 344 cm³/mol. The Morgan fingerprint density at radius 2 is 1.00 bits per heavy atom. The Morgan fingerprint density at radius 3 is 1.35 bits per heavy atom. The zero-order valence-corrected chi connectivity index (χ0v) is 57.1. The van der Waals surface area contributed by atoms with Gasteiger partial charge in [-0.15, -0.1) is 0 Å². The summed E-state index contributed by atoms with van der Waals surface area (Å²) in [6, 6.07) is 27.6. The van der Waals surface area contributed by atoms with Crippen molar-refractivity contribution >= 4 is 38.7 Å². The number of methoxy groups -OCH3 is 1. The van der Waals surface area contributed by atoms with Crippen LogP contribution in [0.3, 0.4) is 0 Å². The van der Waals surface area contributed by atoms with Crippen LogP contribution in [0.4, 0.5) is 5.69 Å². The maximum absolute atomic E-state index is 11.4. The minimum atomic E-state index is -3.14. The first-order valence-electron chi connectivity index (χ1n) is 28.8. The predicted octanol–water partition coefficient (Wildman–Crippen LogP) is 14.0. The fraction of sp³-hybridized carbons (Fsp3) is 0.576. The van der Waals surface area contributed by atoms with Crippen LogP contribution in [0.1, 0.15) is 167 Å². The molecule has 0 spiro atoms. The van der Waals surface area contributed by atoms with E-state index in [1.165, 1.54) is 6.26 Å². The summed E-state index contributed by atoms with van der Waals surface area (Å²) >= 11 is 5.09. The van der Waals surface area contributed by atoms with Crippen LogP contribution in [0, 0.1) is 54.4 Å². The molecule has 0 unspecified atom stereocenters. The first-order valence-corrected chi connectivity index (χ1v) is 31.7. The Hall–Kier alpha value is -5.46. The van der Waals surface area contributed by atoms with Gasteiger partial charge in [0.25, 0.3) is 0 Å². The quantitative estimate of drug-likeness (QED) is 0.0603.